The smallest absolute Gasteiger partial charge is 0.259 e. The molecular weight excluding hydrogens is 268 g/mol. The van der Waals surface area contributed by atoms with Crippen LogP contribution in [0.3, 0.4) is 0 Å². The lowest BCUT2D eigenvalue weighted by Gasteiger charge is -2.13. The summed E-state index contributed by atoms with van der Waals surface area (Å²) in [5.74, 6) is -0.676. The summed E-state index contributed by atoms with van der Waals surface area (Å²) in [5, 5.41) is 5.54. The largest absolute Gasteiger partial charge is 0.379 e. The fourth-order valence-corrected chi connectivity index (χ4v) is 2.40. The maximum atomic E-state index is 11.6. The first-order valence-electron chi connectivity index (χ1n) is 6.80. The van der Waals surface area contributed by atoms with Gasteiger partial charge in [0.1, 0.15) is 0 Å². The molecule has 21 heavy (non-hydrogen) atoms. The first kappa shape index (κ1) is 13.4. The highest BCUT2D eigenvalue weighted by atomic mass is 16.2. The minimum absolute atomic E-state index is 0.334. The normalized spacial score (nSPS) is 13.5. The molecular formula is C15H16N4O2. The summed E-state index contributed by atoms with van der Waals surface area (Å²) in [6, 6.07) is 5.50. The van der Waals surface area contributed by atoms with Gasteiger partial charge in [-0.25, -0.2) is 4.98 Å². The van der Waals surface area contributed by atoms with Crippen molar-refractivity contribution in [2.75, 3.05) is 5.32 Å². The Labute approximate surface area is 122 Å². The summed E-state index contributed by atoms with van der Waals surface area (Å²) < 4.78 is 2.08. The number of carbonyl (C=O) groups excluding carboxylic acids is 2. The van der Waals surface area contributed by atoms with Crippen molar-refractivity contribution >= 4 is 17.5 Å². The van der Waals surface area contributed by atoms with E-state index in [0.717, 1.165) is 11.4 Å². The molecule has 2 amide bonds. The molecule has 0 saturated heterocycles. The van der Waals surface area contributed by atoms with Crippen LogP contribution >= 0.6 is 0 Å². The van der Waals surface area contributed by atoms with E-state index in [0.29, 0.717) is 23.7 Å². The van der Waals surface area contributed by atoms with Crippen molar-refractivity contribution in [3.05, 3.63) is 47.5 Å². The van der Waals surface area contributed by atoms with E-state index in [1.165, 1.54) is 0 Å². The number of hydrogen-bond donors (Lipinski definition) is 2. The van der Waals surface area contributed by atoms with Gasteiger partial charge in [0.15, 0.2) is 0 Å². The van der Waals surface area contributed by atoms with Crippen LogP contribution in [-0.2, 0) is 6.54 Å². The molecule has 1 aliphatic rings. The van der Waals surface area contributed by atoms with Crippen LogP contribution in [0.1, 0.15) is 46.3 Å². The molecule has 1 aromatic heterocycles. The van der Waals surface area contributed by atoms with Gasteiger partial charge < -0.3 is 9.88 Å². The Balaban J connectivity index is 1.78. The predicted molar refractivity (Wildman–Crippen MR) is 78.2 cm³/mol. The van der Waals surface area contributed by atoms with Gasteiger partial charge in [-0.2, -0.15) is 0 Å². The van der Waals surface area contributed by atoms with E-state index in [2.05, 4.69) is 34.0 Å². The Morgan fingerprint density at radius 1 is 1.24 bits per heavy atom. The Kier molecular flexibility index (Phi) is 3.21. The quantitative estimate of drug-likeness (QED) is 0.841. The van der Waals surface area contributed by atoms with E-state index in [4.69, 9.17) is 0 Å². The average Bonchev–Trinajstić information content (AvgIpc) is 3.02. The fourth-order valence-electron chi connectivity index (χ4n) is 2.40. The topological polar surface area (TPSA) is 76.0 Å². The predicted octanol–water partition coefficient (Wildman–Crippen LogP) is 1.96. The molecule has 0 radical (unpaired) electrons. The molecule has 0 fully saturated rings. The third-order valence-corrected chi connectivity index (χ3v) is 3.51. The van der Waals surface area contributed by atoms with E-state index in [1.807, 2.05) is 6.20 Å². The summed E-state index contributed by atoms with van der Waals surface area (Å²) >= 11 is 0. The van der Waals surface area contributed by atoms with Crippen molar-refractivity contribution in [3.63, 3.8) is 0 Å². The Bertz CT molecular complexity index is 718. The monoisotopic (exact) mass is 284 g/mol. The molecule has 1 aromatic carbocycles. The second-order valence-corrected chi connectivity index (χ2v) is 5.28. The number of rotatable bonds is 4. The number of carbonyl (C=O) groups is 2. The van der Waals surface area contributed by atoms with Gasteiger partial charge in [0.25, 0.3) is 11.8 Å². The molecule has 0 aliphatic carbocycles. The van der Waals surface area contributed by atoms with Gasteiger partial charge in [0.2, 0.25) is 0 Å². The van der Waals surface area contributed by atoms with E-state index in [1.54, 1.807) is 24.5 Å². The van der Waals surface area contributed by atoms with Crippen LogP contribution in [0.4, 0.5) is 5.69 Å². The highest BCUT2D eigenvalue weighted by Gasteiger charge is 2.26. The van der Waals surface area contributed by atoms with Crippen molar-refractivity contribution < 1.29 is 9.59 Å². The zero-order chi connectivity index (χ0) is 15.0. The van der Waals surface area contributed by atoms with Crippen molar-refractivity contribution in [1.82, 2.24) is 14.9 Å². The maximum Gasteiger partial charge on any atom is 0.259 e. The number of imidazole rings is 1. The first-order valence-corrected chi connectivity index (χ1v) is 6.80. The minimum atomic E-state index is -0.342. The lowest BCUT2D eigenvalue weighted by atomic mass is 10.1. The van der Waals surface area contributed by atoms with Crippen molar-refractivity contribution in [3.8, 4) is 0 Å². The summed E-state index contributed by atoms with van der Waals surface area (Å²) in [5.41, 5.74) is 2.71. The lowest BCUT2D eigenvalue weighted by Crippen LogP contribution is -2.19. The minimum Gasteiger partial charge on any atom is -0.379 e. The lowest BCUT2D eigenvalue weighted by molar-refractivity contribution is 0.0879. The number of hydrogen-bond acceptors (Lipinski definition) is 4. The molecule has 0 atom stereocenters. The van der Waals surface area contributed by atoms with E-state index in [-0.39, 0.29) is 11.8 Å². The summed E-state index contributed by atoms with van der Waals surface area (Å²) in [7, 11) is 0. The molecule has 2 heterocycles. The van der Waals surface area contributed by atoms with E-state index >= 15 is 0 Å². The Hall–Kier alpha value is -2.63. The molecule has 1 aliphatic heterocycles. The summed E-state index contributed by atoms with van der Waals surface area (Å²) in [6.07, 6.45) is 3.62. The average molecular weight is 284 g/mol. The van der Waals surface area contributed by atoms with Gasteiger partial charge in [-0.15, -0.1) is 0 Å². The number of anilines is 1. The highest BCUT2D eigenvalue weighted by molar-refractivity contribution is 6.21. The molecule has 2 aromatic rings. The molecule has 2 N–H and O–H groups in total. The number of imide groups is 1. The molecule has 0 bridgehead atoms. The number of amides is 2. The molecule has 3 rings (SSSR count). The van der Waals surface area contributed by atoms with Crippen LogP contribution in [0.25, 0.3) is 0 Å². The van der Waals surface area contributed by atoms with Gasteiger partial charge in [0.05, 0.1) is 29.7 Å². The number of fused-ring (bicyclic) bond motifs is 1. The van der Waals surface area contributed by atoms with Gasteiger partial charge in [-0.1, -0.05) is 0 Å². The van der Waals surface area contributed by atoms with Crippen LogP contribution < -0.4 is 10.6 Å². The number of benzene rings is 1. The standard InChI is InChI=1S/C15H16N4O2/c1-9(2)19-8-16-6-11(19)7-17-10-3-4-12-13(5-10)15(21)18-14(12)20/h3-6,8-9,17H,7H2,1-2H3,(H,18,20,21). The van der Waals surface area contributed by atoms with E-state index < -0.39 is 0 Å². The van der Waals surface area contributed by atoms with E-state index in [9.17, 15) is 9.59 Å². The van der Waals surface area contributed by atoms with Crippen molar-refractivity contribution in [1.29, 1.82) is 0 Å². The second-order valence-electron chi connectivity index (χ2n) is 5.28. The van der Waals surface area contributed by atoms with Gasteiger partial charge in [-0.3, -0.25) is 14.9 Å². The number of aromatic nitrogens is 2. The third-order valence-electron chi connectivity index (χ3n) is 3.51. The summed E-state index contributed by atoms with van der Waals surface area (Å²) in [6.45, 7) is 4.79. The molecule has 6 heteroatoms. The summed E-state index contributed by atoms with van der Waals surface area (Å²) in [4.78, 5) is 27.3. The maximum absolute atomic E-state index is 11.6. The molecule has 108 valence electrons. The van der Waals surface area contributed by atoms with Crippen molar-refractivity contribution in [2.45, 2.75) is 26.4 Å². The first-order chi connectivity index (χ1) is 10.1. The zero-order valence-electron chi connectivity index (χ0n) is 11.9. The van der Waals surface area contributed by atoms with Crippen molar-refractivity contribution in [2.24, 2.45) is 0 Å². The van der Waals surface area contributed by atoms with Gasteiger partial charge in [-0.05, 0) is 32.0 Å². The fraction of sp³-hybridized carbons (Fsp3) is 0.267. The molecule has 0 saturated carbocycles. The van der Waals surface area contributed by atoms with Crippen LogP contribution in [-0.4, -0.2) is 21.4 Å². The van der Waals surface area contributed by atoms with Gasteiger partial charge >= 0.3 is 0 Å². The number of nitrogens with zero attached hydrogens (tertiary/aromatic N) is 2. The Morgan fingerprint density at radius 2 is 2.00 bits per heavy atom. The van der Waals surface area contributed by atoms with Crippen LogP contribution in [0.5, 0.6) is 0 Å². The molecule has 0 spiro atoms. The SMILES string of the molecule is CC(C)n1cncc1CNc1ccc2c(c1)C(=O)NC2=O. The molecule has 6 nitrogen and oxygen atoms in total. The Morgan fingerprint density at radius 3 is 2.76 bits per heavy atom. The van der Waals surface area contributed by atoms with Gasteiger partial charge in [0, 0.05) is 17.9 Å². The second kappa shape index (κ2) is 5.05. The number of nitrogens with one attached hydrogen (secondary N) is 2. The van der Waals surface area contributed by atoms with Crippen LogP contribution in [0.15, 0.2) is 30.7 Å². The molecule has 0 unspecified atom stereocenters. The highest BCUT2D eigenvalue weighted by Crippen LogP contribution is 2.21. The van der Waals surface area contributed by atoms with Crippen LogP contribution in [0.2, 0.25) is 0 Å². The third kappa shape index (κ3) is 2.40. The van der Waals surface area contributed by atoms with Crippen LogP contribution in [0, 0.1) is 0 Å². The zero-order valence-corrected chi connectivity index (χ0v) is 11.9.